The van der Waals surface area contributed by atoms with Gasteiger partial charge in [-0.2, -0.15) is 0 Å². The molecule has 0 saturated carbocycles. The van der Waals surface area contributed by atoms with Crippen LogP contribution in [0.25, 0.3) is 6.08 Å². The number of hydrogen-bond donors (Lipinski definition) is 2. The number of benzene rings is 2. The number of nitrogens with zero attached hydrogens (tertiary/aromatic N) is 1. The largest absolute Gasteiger partial charge is 0.508 e. The van der Waals surface area contributed by atoms with E-state index < -0.39 is 4.92 Å². The van der Waals surface area contributed by atoms with E-state index >= 15 is 0 Å². The van der Waals surface area contributed by atoms with Crippen LogP contribution >= 0.6 is 0 Å². The second-order valence-electron chi connectivity index (χ2n) is 4.89. The van der Waals surface area contributed by atoms with Crippen LogP contribution in [-0.4, -0.2) is 22.5 Å². The number of rotatable bonds is 6. The van der Waals surface area contributed by atoms with E-state index in [2.05, 4.69) is 5.32 Å². The maximum Gasteiger partial charge on any atom is 0.269 e. The smallest absolute Gasteiger partial charge is 0.269 e. The summed E-state index contributed by atoms with van der Waals surface area (Å²) in [6.07, 6.45) is 3.65. The highest BCUT2D eigenvalue weighted by atomic mass is 16.6. The molecule has 118 valence electrons. The second kappa shape index (κ2) is 7.74. The van der Waals surface area contributed by atoms with Crippen LogP contribution in [0, 0.1) is 10.1 Å². The van der Waals surface area contributed by atoms with E-state index in [9.17, 15) is 20.0 Å². The molecule has 0 aliphatic carbocycles. The van der Waals surface area contributed by atoms with Crippen molar-refractivity contribution >= 4 is 17.7 Å². The van der Waals surface area contributed by atoms with E-state index in [0.717, 1.165) is 5.56 Å². The molecule has 0 aliphatic heterocycles. The molecule has 2 aromatic carbocycles. The highest BCUT2D eigenvalue weighted by Crippen LogP contribution is 2.12. The summed E-state index contributed by atoms with van der Waals surface area (Å²) in [4.78, 5) is 21.8. The lowest BCUT2D eigenvalue weighted by molar-refractivity contribution is -0.384. The number of nitro benzene ring substituents is 1. The quantitative estimate of drug-likeness (QED) is 0.487. The molecule has 0 heterocycles. The van der Waals surface area contributed by atoms with Gasteiger partial charge in [0.05, 0.1) is 4.92 Å². The van der Waals surface area contributed by atoms with Gasteiger partial charge in [-0.05, 0) is 47.9 Å². The maximum absolute atomic E-state index is 11.7. The summed E-state index contributed by atoms with van der Waals surface area (Å²) in [6, 6.07) is 12.8. The Hall–Kier alpha value is -3.15. The van der Waals surface area contributed by atoms with Crippen LogP contribution in [-0.2, 0) is 11.2 Å². The molecule has 2 N–H and O–H groups in total. The van der Waals surface area contributed by atoms with Crippen LogP contribution in [0.2, 0.25) is 0 Å². The summed E-state index contributed by atoms with van der Waals surface area (Å²) >= 11 is 0. The zero-order valence-corrected chi connectivity index (χ0v) is 12.3. The Kier molecular flexibility index (Phi) is 5.46. The molecule has 23 heavy (non-hydrogen) atoms. The van der Waals surface area contributed by atoms with Crippen molar-refractivity contribution in [2.75, 3.05) is 6.54 Å². The molecular weight excluding hydrogens is 296 g/mol. The minimum atomic E-state index is -0.469. The third kappa shape index (κ3) is 5.28. The van der Waals surface area contributed by atoms with Crippen LogP contribution < -0.4 is 5.32 Å². The summed E-state index contributed by atoms with van der Waals surface area (Å²) in [5, 5.41) is 22.5. The lowest BCUT2D eigenvalue weighted by Crippen LogP contribution is -2.23. The summed E-state index contributed by atoms with van der Waals surface area (Å²) in [5.41, 5.74) is 1.74. The Bertz CT molecular complexity index is 706. The van der Waals surface area contributed by atoms with Crippen LogP contribution in [0.3, 0.4) is 0 Å². The van der Waals surface area contributed by atoms with E-state index in [0.29, 0.717) is 18.5 Å². The normalized spacial score (nSPS) is 10.6. The molecule has 0 radical (unpaired) electrons. The minimum Gasteiger partial charge on any atom is -0.508 e. The summed E-state index contributed by atoms with van der Waals surface area (Å²) < 4.78 is 0. The first-order valence-electron chi connectivity index (χ1n) is 7.03. The van der Waals surface area contributed by atoms with Gasteiger partial charge in [-0.15, -0.1) is 0 Å². The highest BCUT2D eigenvalue weighted by Gasteiger charge is 2.02. The summed E-state index contributed by atoms with van der Waals surface area (Å²) in [7, 11) is 0. The molecule has 0 aliphatic rings. The van der Waals surface area contributed by atoms with E-state index in [1.165, 1.54) is 18.2 Å². The predicted octanol–water partition coefficient (Wildman–Crippen LogP) is 2.67. The van der Waals surface area contributed by atoms with Gasteiger partial charge in [0.2, 0.25) is 5.91 Å². The third-order valence-electron chi connectivity index (χ3n) is 3.18. The average Bonchev–Trinajstić information content (AvgIpc) is 2.55. The molecule has 0 aromatic heterocycles. The monoisotopic (exact) mass is 312 g/mol. The van der Waals surface area contributed by atoms with Gasteiger partial charge in [0.25, 0.3) is 5.69 Å². The number of phenols is 1. The van der Waals surface area contributed by atoms with Gasteiger partial charge in [-0.1, -0.05) is 12.1 Å². The number of aromatic hydroxyl groups is 1. The lowest BCUT2D eigenvalue weighted by atomic mass is 10.1. The molecule has 0 atom stereocenters. The molecule has 6 heteroatoms. The number of phenolic OH excluding ortho intramolecular Hbond substituents is 1. The number of carbonyl (C=O) groups excluding carboxylic acids is 1. The van der Waals surface area contributed by atoms with Gasteiger partial charge in [0.1, 0.15) is 5.75 Å². The number of carbonyl (C=O) groups is 1. The van der Waals surface area contributed by atoms with E-state index in [-0.39, 0.29) is 17.3 Å². The van der Waals surface area contributed by atoms with Crippen molar-refractivity contribution < 1.29 is 14.8 Å². The van der Waals surface area contributed by atoms with E-state index in [4.69, 9.17) is 0 Å². The minimum absolute atomic E-state index is 0.0144. The first kappa shape index (κ1) is 16.2. The zero-order chi connectivity index (χ0) is 16.7. The number of amides is 1. The van der Waals surface area contributed by atoms with Crippen molar-refractivity contribution in [3.8, 4) is 5.75 Å². The lowest BCUT2D eigenvalue weighted by Gasteiger charge is -2.03. The number of nitrogens with one attached hydrogen (secondary N) is 1. The van der Waals surface area contributed by atoms with Crippen LogP contribution in [0.4, 0.5) is 5.69 Å². The molecule has 0 saturated heterocycles. The zero-order valence-electron chi connectivity index (χ0n) is 12.3. The van der Waals surface area contributed by atoms with Crippen molar-refractivity contribution in [2.24, 2.45) is 0 Å². The van der Waals surface area contributed by atoms with Gasteiger partial charge < -0.3 is 10.4 Å². The highest BCUT2D eigenvalue weighted by molar-refractivity contribution is 5.91. The fourth-order valence-corrected chi connectivity index (χ4v) is 1.93. The van der Waals surface area contributed by atoms with Gasteiger partial charge in [0, 0.05) is 24.8 Å². The fraction of sp³-hybridized carbons (Fsp3) is 0.118. The second-order valence-corrected chi connectivity index (χ2v) is 4.89. The Morgan fingerprint density at radius 2 is 1.78 bits per heavy atom. The number of nitro groups is 1. The van der Waals surface area contributed by atoms with E-state index in [1.54, 1.807) is 42.5 Å². The van der Waals surface area contributed by atoms with Crippen LogP contribution in [0.5, 0.6) is 5.75 Å². The van der Waals surface area contributed by atoms with Crippen molar-refractivity contribution in [3.63, 3.8) is 0 Å². The molecule has 6 nitrogen and oxygen atoms in total. The Morgan fingerprint density at radius 1 is 1.13 bits per heavy atom. The first-order valence-corrected chi connectivity index (χ1v) is 7.03. The molecule has 0 unspecified atom stereocenters. The van der Waals surface area contributed by atoms with Gasteiger partial charge in [0.15, 0.2) is 0 Å². The predicted molar refractivity (Wildman–Crippen MR) is 87.0 cm³/mol. The molecular formula is C17H16N2O4. The van der Waals surface area contributed by atoms with Crippen molar-refractivity contribution in [1.29, 1.82) is 0 Å². The average molecular weight is 312 g/mol. The molecule has 1 amide bonds. The number of non-ortho nitro benzene ring substituents is 1. The molecule has 2 rings (SSSR count). The standard InChI is InChI=1S/C17H16N2O4/c20-16-8-3-14(4-9-16)11-12-18-17(21)10-5-13-1-6-15(7-2-13)19(22)23/h1-10,20H,11-12H2,(H,18,21)/b10-5+. The maximum atomic E-state index is 11.7. The Morgan fingerprint density at radius 3 is 2.39 bits per heavy atom. The van der Waals surface area contributed by atoms with Crippen LogP contribution in [0.1, 0.15) is 11.1 Å². The topological polar surface area (TPSA) is 92.5 Å². The molecule has 0 spiro atoms. The molecule has 2 aromatic rings. The molecule has 0 bridgehead atoms. The number of hydrogen-bond acceptors (Lipinski definition) is 4. The summed E-state index contributed by atoms with van der Waals surface area (Å²) in [6.45, 7) is 0.480. The SMILES string of the molecule is O=C(/C=C/c1ccc([N+](=O)[O-])cc1)NCCc1ccc(O)cc1. The Balaban J connectivity index is 1.79. The fourth-order valence-electron chi connectivity index (χ4n) is 1.93. The van der Waals surface area contributed by atoms with Gasteiger partial charge >= 0.3 is 0 Å². The molecule has 0 fully saturated rings. The van der Waals surface area contributed by atoms with Gasteiger partial charge in [-0.3, -0.25) is 14.9 Å². The first-order chi connectivity index (χ1) is 11.0. The van der Waals surface area contributed by atoms with Crippen LogP contribution in [0.15, 0.2) is 54.6 Å². The third-order valence-corrected chi connectivity index (χ3v) is 3.18. The van der Waals surface area contributed by atoms with E-state index in [1.807, 2.05) is 0 Å². The van der Waals surface area contributed by atoms with Crippen molar-refractivity contribution in [3.05, 3.63) is 75.8 Å². The summed E-state index contributed by atoms with van der Waals surface area (Å²) in [5.74, 6) is -0.0223. The van der Waals surface area contributed by atoms with Crippen molar-refractivity contribution in [2.45, 2.75) is 6.42 Å². The van der Waals surface area contributed by atoms with Crippen molar-refractivity contribution in [1.82, 2.24) is 5.32 Å². The van der Waals surface area contributed by atoms with Gasteiger partial charge in [-0.25, -0.2) is 0 Å². The Labute approximate surface area is 133 Å².